The summed E-state index contributed by atoms with van der Waals surface area (Å²) in [6, 6.07) is 0. The fourth-order valence-electron chi connectivity index (χ4n) is 2.66. The van der Waals surface area contributed by atoms with Gasteiger partial charge in [-0.15, -0.1) is 35.3 Å². The Kier molecular flexibility index (Phi) is 10.9. The van der Waals surface area contributed by atoms with Gasteiger partial charge in [-0.2, -0.15) is 0 Å². The van der Waals surface area contributed by atoms with Crippen LogP contribution in [0.25, 0.3) is 0 Å². The Morgan fingerprint density at radius 3 is 2.64 bits per heavy atom. The number of rotatable bonds is 7. The fraction of sp³-hybridized carbons (Fsp3) is 0.765. The van der Waals surface area contributed by atoms with Gasteiger partial charge in [0.25, 0.3) is 0 Å². The van der Waals surface area contributed by atoms with Crippen LogP contribution in [0.1, 0.15) is 29.4 Å². The van der Waals surface area contributed by atoms with Crippen molar-refractivity contribution in [1.29, 1.82) is 0 Å². The lowest BCUT2D eigenvalue weighted by Crippen LogP contribution is -2.44. The second kappa shape index (κ2) is 12.0. The zero-order chi connectivity index (χ0) is 17.4. The molecular weight excluding hydrogens is 449 g/mol. The molecule has 1 aromatic heterocycles. The number of guanidine groups is 1. The Bertz CT molecular complexity index is 512. The van der Waals surface area contributed by atoms with Gasteiger partial charge in [0, 0.05) is 37.6 Å². The standard InChI is InChI=1S/C17H31N5OS.HI/c1-5-18-17(20-11-16-21-14(3)15(4)24-16)19-10-13(2)12-22-6-8-23-9-7-22;/h13H,5-12H2,1-4H3,(H2,18,19,20);1H. The van der Waals surface area contributed by atoms with E-state index in [4.69, 9.17) is 4.74 Å². The van der Waals surface area contributed by atoms with Gasteiger partial charge in [0.15, 0.2) is 5.96 Å². The summed E-state index contributed by atoms with van der Waals surface area (Å²) in [5.41, 5.74) is 1.11. The van der Waals surface area contributed by atoms with Crippen molar-refractivity contribution in [3.05, 3.63) is 15.6 Å². The zero-order valence-corrected chi connectivity index (χ0v) is 18.9. The van der Waals surface area contributed by atoms with Crippen molar-refractivity contribution in [2.24, 2.45) is 10.9 Å². The summed E-state index contributed by atoms with van der Waals surface area (Å²) in [7, 11) is 0. The number of aliphatic imine (C=N–C) groups is 1. The molecule has 0 aromatic carbocycles. The topological polar surface area (TPSA) is 61.8 Å². The third-order valence-corrected chi connectivity index (χ3v) is 5.14. The maximum atomic E-state index is 5.40. The molecule has 1 aliphatic heterocycles. The van der Waals surface area contributed by atoms with Crippen LogP contribution in [0.5, 0.6) is 0 Å². The minimum Gasteiger partial charge on any atom is -0.379 e. The number of thiazole rings is 1. The average molecular weight is 481 g/mol. The molecule has 0 spiro atoms. The summed E-state index contributed by atoms with van der Waals surface area (Å²) in [4.78, 5) is 13.0. The maximum Gasteiger partial charge on any atom is 0.191 e. The predicted octanol–water partition coefficient (Wildman–Crippen LogP) is 2.40. The first-order valence-corrected chi connectivity index (χ1v) is 9.65. The molecule has 0 saturated carbocycles. The molecule has 0 radical (unpaired) electrons. The smallest absolute Gasteiger partial charge is 0.191 e. The molecule has 1 aromatic rings. The SMILES string of the molecule is CCNC(=NCc1nc(C)c(C)s1)NCC(C)CN1CCOCC1.I. The van der Waals surface area contributed by atoms with E-state index >= 15 is 0 Å². The van der Waals surface area contributed by atoms with Crippen molar-refractivity contribution in [3.8, 4) is 0 Å². The highest BCUT2D eigenvalue weighted by Gasteiger charge is 2.14. The molecular formula is C17H32IN5OS. The van der Waals surface area contributed by atoms with Gasteiger partial charge in [-0.05, 0) is 26.7 Å². The molecule has 1 saturated heterocycles. The van der Waals surface area contributed by atoms with Gasteiger partial charge in [-0.3, -0.25) is 4.90 Å². The van der Waals surface area contributed by atoms with Crippen molar-refractivity contribution in [2.75, 3.05) is 45.9 Å². The second-order valence-corrected chi connectivity index (χ2v) is 7.63. The monoisotopic (exact) mass is 481 g/mol. The molecule has 2 rings (SSSR count). The van der Waals surface area contributed by atoms with Gasteiger partial charge in [0.1, 0.15) is 5.01 Å². The van der Waals surface area contributed by atoms with Gasteiger partial charge in [0.2, 0.25) is 0 Å². The van der Waals surface area contributed by atoms with Crippen molar-refractivity contribution in [3.63, 3.8) is 0 Å². The minimum atomic E-state index is 0. The van der Waals surface area contributed by atoms with E-state index in [-0.39, 0.29) is 24.0 Å². The number of morpholine rings is 1. The van der Waals surface area contributed by atoms with Crippen LogP contribution in [0.2, 0.25) is 0 Å². The molecule has 144 valence electrons. The van der Waals surface area contributed by atoms with E-state index in [2.05, 4.69) is 53.2 Å². The number of hydrogen-bond donors (Lipinski definition) is 2. The summed E-state index contributed by atoms with van der Waals surface area (Å²) in [6.45, 7) is 15.8. The Morgan fingerprint density at radius 1 is 1.32 bits per heavy atom. The normalized spacial score (nSPS) is 17.0. The molecule has 25 heavy (non-hydrogen) atoms. The van der Waals surface area contributed by atoms with E-state index < -0.39 is 0 Å². The van der Waals surface area contributed by atoms with Gasteiger partial charge in [-0.1, -0.05) is 6.92 Å². The van der Waals surface area contributed by atoms with Crippen molar-refractivity contribution < 1.29 is 4.74 Å². The van der Waals surface area contributed by atoms with E-state index in [0.717, 1.165) is 62.6 Å². The quantitative estimate of drug-likeness (QED) is 0.356. The highest BCUT2D eigenvalue weighted by molar-refractivity contribution is 14.0. The van der Waals surface area contributed by atoms with Crippen LogP contribution in [0.3, 0.4) is 0 Å². The van der Waals surface area contributed by atoms with E-state index in [1.165, 1.54) is 4.88 Å². The number of halogens is 1. The lowest BCUT2D eigenvalue weighted by molar-refractivity contribution is 0.0320. The number of nitrogens with one attached hydrogen (secondary N) is 2. The van der Waals surface area contributed by atoms with Gasteiger partial charge >= 0.3 is 0 Å². The van der Waals surface area contributed by atoms with Crippen LogP contribution in [0.4, 0.5) is 0 Å². The maximum absolute atomic E-state index is 5.40. The van der Waals surface area contributed by atoms with Crippen LogP contribution in [0.15, 0.2) is 4.99 Å². The summed E-state index contributed by atoms with van der Waals surface area (Å²) in [5.74, 6) is 1.44. The first-order chi connectivity index (χ1) is 11.6. The summed E-state index contributed by atoms with van der Waals surface area (Å²) < 4.78 is 5.40. The molecule has 1 atom stereocenters. The van der Waals surface area contributed by atoms with Crippen LogP contribution in [0, 0.1) is 19.8 Å². The number of ether oxygens (including phenoxy) is 1. The summed E-state index contributed by atoms with van der Waals surface area (Å²) in [5, 5.41) is 7.85. The van der Waals surface area contributed by atoms with Crippen LogP contribution < -0.4 is 10.6 Å². The average Bonchev–Trinajstić information content (AvgIpc) is 2.89. The van der Waals surface area contributed by atoms with Crippen LogP contribution in [-0.2, 0) is 11.3 Å². The molecule has 0 amide bonds. The number of nitrogens with zero attached hydrogens (tertiary/aromatic N) is 3. The van der Waals surface area contributed by atoms with Gasteiger partial charge in [0.05, 0.1) is 25.5 Å². The third-order valence-electron chi connectivity index (χ3n) is 4.08. The molecule has 8 heteroatoms. The third kappa shape index (κ3) is 8.19. The zero-order valence-electron chi connectivity index (χ0n) is 15.8. The Morgan fingerprint density at radius 2 is 2.04 bits per heavy atom. The highest BCUT2D eigenvalue weighted by Crippen LogP contribution is 2.16. The molecule has 0 aliphatic carbocycles. The first kappa shape index (κ1) is 22.6. The lowest BCUT2D eigenvalue weighted by atomic mass is 10.1. The van der Waals surface area contributed by atoms with Crippen molar-refractivity contribution >= 4 is 41.3 Å². The van der Waals surface area contributed by atoms with E-state index in [1.807, 2.05) is 0 Å². The van der Waals surface area contributed by atoms with Crippen molar-refractivity contribution in [2.45, 2.75) is 34.2 Å². The van der Waals surface area contributed by atoms with E-state index in [0.29, 0.717) is 12.5 Å². The molecule has 1 unspecified atom stereocenters. The molecule has 2 heterocycles. The molecule has 1 aliphatic rings. The lowest BCUT2D eigenvalue weighted by Gasteiger charge is -2.29. The highest BCUT2D eigenvalue weighted by atomic mass is 127. The minimum absolute atomic E-state index is 0. The predicted molar refractivity (Wildman–Crippen MR) is 116 cm³/mol. The Labute approximate surface area is 172 Å². The first-order valence-electron chi connectivity index (χ1n) is 8.83. The number of hydrogen-bond acceptors (Lipinski definition) is 5. The van der Waals surface area contributed by atoms with E-state index in [9.17, 15) is 0 Å². The largest absolute Gasteiger partial charge is 0.379 e. The van der Waals surface area contributed by atoms with Crippen LogP contribution >= 0.6 is 35.3 Å². The van der Waals surface area contributed by atoms with E-state index in [1.54, 1.807) is 11.3 Å². The fourth-order valence-corrected chi connectivity index (χ4v) is 3.51. The molecule has 2 N–H and O–H groups in total. The molecule has 0 bridgehead atoms. The second-order valence-electron chi connectivity index (χ2n) is 6.34. The number of aryl methyl sites for hydroxylation is 2. The van der Waals surface area contributed by atoms with Crippen molar-refractivity contribution in [1.82, 2.24) is 20.5 Å². The Balaban J connectivity index is 0.00000312. The molecule has 6 nitrogen and oxygen atoms in total. The molecule has 1 fully saturated rings. The van der Waals surface area contributed by atoms with Crippen LogP contribution in [-0.4, -0.2) is 61.8 Å². The Hall–Kier alpha value is -0.450. The summed E-state index contributed by atoms with van der Waals surface area (Å²) in [6.07, 6.45) is 0. The van der Waals surface area contributed by atoms with Gasteiger partial charge < -0.3 is 15.4 Å². The number of aromatic nitrogens is 1. The summed E-state index contributed by atoms with van der Waals surface area (Å²) >= 11 is 1.73. The van der Waals surface area contributed by atoms with Gasteiger partial charge in [-0.25, -0.2) is 9.98 Å².